The van der Waals surface area contributed by atoms with Gasteiger partial charge in [-0.3, -0.25) is 4.90 Å². The van der Waals surface area contributed by atoms with E-state index in [9.17, 15) is 5.11 Å². The van der Waals surface area contributed by atoms with Crippen molar-refractivity contribution >= 4 is 10.9 Å². The molecule has 0 amide bonds. The molecule has 1 N–H and O–H groups in total. The Bertz CT molecular complexity index is 613. The SMILES string of the molecule is CC(C)N1Cc2cc3c(CCO)cn(C)c3cc2C1. The summed E-state index contributed by atoms with van der Waals surface area (Å²) in [6, 6.07) is 5.25. The van der Waals surface area contributed by atoms with Crippen LogP contribution in [0.3, 0.4) is 0 Å². The van der Waals surface area contributed by atoms with Crippen LogP contribution in [0.2, 0.25) is 0 Å². The van der Waals surface area contributed by atoms with Gasteiger partial charge in [-0.05, 0) is 49.1 Å². The second-order valence-corrected chi connectivity index (χ2v) is 5.88. The van der Waals surface area contributed by atoms with E-state index in [-0.39, 0.29) is 6.61 Å². The molecule has 2 aromatic rings. The highest BCUT2D eigenvalue weighted by atomic mass is 16.2. The van der Waals surface area contributed by atoms with Crippen molar-refractivity contribution in [2.75, 3.05) is 6.61 Å². The molecule has 102 valence electrons. The Balaban J connectivity index is 2.07. The second-order valence-electron chi connectivity index (χ2n) is 5.88. The molecule has 1 aliphatic rings. The molecule has 3 heteroatoms. The number of hydrogen-bond donors (Lipinski definition) is 1. The van der Waals surface area contributed by atoms with Crippen LogP contribution in [0.5, 0.6) is 0 Å². The van der Waals surface area contributed by atoms with Gasteiger partial charge in [0.1, 0.15) is 0 Å². The van der Waals surface area contributed by atoms with Gasteiger partial charge >= 0.3 is 0 Å². The highest BCUT2D eigenvalue weighted by Gasteiger charge is 2.22. The molecule has 1 aromatic carbocycles. The number of fused-ring (bicyclic) bond motifs is 2. The zero-order valence-electron chi connectivity index (χ0n) is 12.0. The van der Waals surface area contributed by atoms with Crippen molar-refractivity contribution in [3.63, 3.8) is 0 Å². The van der Waals surface area contributed by atoms with Gasteiger partial charge in [-0.2, -0.15) is 0 Å². The second kappa shape index (κ2) is 4.66. The minimum atomic E-state index is 0.217. The average Bonchev–Trinajstić information content (AvgIpc) is 2.90. The van der Waals surface area contributed by atoms with Gasteiger partial charge in [0.25, 0.3) is 0 Å². The Labute approximate surface area is 114 Å². The predicted molar refractivity (Wildman–Crippen MR) is 78.1 cm³/mol. The van der Waals surface area contributed by atoms with Crippen LogP contribution in [-0.4, -0.2) is 27.2 Å². The molecular weight excluding hydrogens is 236 g/mol. The van der Waals surface area contributed by atoms with E-state index in [1.54, 1.807) is 0 Å². The largest absolute Gasteiger partial charge is 0.396 e. The number of benzene rings is 1. The lowest BCUT2D eigenvalue weighted by Crippen LogP contribution is -2.24. The fourth-order valence-corrected chi connectivity index (χ4v) is 3.07. The van der Waals surface area contributed by atoms with E-state index < -0.39 is 0 Å². The third-order valence-electron chi connectivity index (χ3n) is 4.25. The monoisotopic (exact) mass is 258 g/mol. The van der Waals surface area contributed by atoms with Gasteiger partial charge in [0.15, 0.2) is 0 Å². The van der Waals surface area contributed by atoms with E-state index in [0.717, 1.165) is 19.5 Å². The maximum atomic E-state index is 9.18. The fourth-order valence-electron chi connectivity index (χ4n) is 3.07. The van der Waals surface area contributed by atoms with Crippen molar-refractivity contribution in [1.82, 2.24) is 9.47 Å². The summed E-state index contributed by atoms with van der Waals surface area (Å²) in [5.74, 6) is 0. The highest BCUT2D eigenvalue weighted by Crippen LogP contribution is 2.31. The van der Waals surface area contributed by atoms with Crippen molar-refractivity contribution in [1.29, 1.82) is 0 Å². The third kappa shape index (κ3) is 2.07. The normalized spacial score (nSPS) is 15.6. The number of aromatic nitrogens is 1. The summed E-state index contributed by atoms with van der Waals surface area (Å²) in [5, 5.41) is 10.5. The van der Waals surface area contributed by atoms with E-state index in [2.05, 4.69) is 48.7 Å². The number of aliphatic hydroxyl groups is 1. The third-order valence-corrected chi connectivity index (χ3v) is 4.25. The molecule has 19 heavy (non-hydrogen) atoms. The van der Waals surface area contributed by atoms with Gasteiger partial charge in [0.05, 0.1) is 0 Å². The highest BCUT2D eigenvalue weighted by molar-refractivity contribution is 5.85. The molecule has 2 heterocycles. The molecular formula is C16H22N2O. The molecule has 0 spiro atoms. The molecule has 0 unspecified atom stereocenters. The Kier molecular flexibility index (Phi) is 3.11. The summed E-state index contributed by atoms with van der Waals surface area (Å²) < 4.78 is 2.18. The standard InChI is InChI=1S/C16H22N2O/c1-11(2)18-9-13-6-15-12(4-5-19)8-17(3)16(15)7-14(13)10-18/h6-8,11,19H,4-5,9-10H2,1-3H3. The van der Waals surface area contributed by atoms with E-state index >= 15 is 0 Å². The van der Waals surface area contributed by atoms with Crippen LogP contribution >= 0.6 is 0 Å². The summed E-state index contributed by atoms with van der Waals surface area (Å²) in [6.07, 6.45) is 2.89. The molecule has 0 saturated heterocycles. The van der Waals surface area contributed by atoms with Gasteiger partial charge in [-0.1, -0.05) is 0 Å². The van der Waals surface area contributed by atoms with Crippen LogP contribution in [0.1, 0.15) is 30.5 Å². The molecule has 0 saturated carbocycles. The van der Waals surface area contributed by atoms with Gasteiger partial charge < -0.3 is 9.67 Å². The van der Waals surface area contributed by atoms with Crippen LogP contribution in [-0.2, 0) is 26.6 Å². The summed E-state index contributed by atoms with van der Waals surface area (Å²) in [5.41, 5.74) is 5.45. The Morgan fingerprint density at radius 2 is 1.89 bits per heavy atom. The molecule has 0 radical (unpaired) electrons. The predicted octanol–water partition coefficient (Wildman–Crippen LogP) is 2.44. The number of aryl methyl sites for hydroxylation is 1. The first-order chi connectivity index (χ1) is 9.10. The van der Waals surface area contributed by atoms with Crippen molar-refractivity contribution in [3.8, 4) is 0 Å². The van der Waals surface area contributed by atoms with E-state index in [4.69, 9.17) is 0 Å². The van der Waals surface area contributed by atoms with Crippen molar-refractivity contribution < 1.29 is 5.11 Å². The summed E-state index contributed by atoms with van der Waals surface area (Å²) in [6.45, 7) is 6.83. The molecule has 0 atom stereocenters. The topological polar surface area (TPSA) is 28.4 Å². The van der Waals surface area contributed by atoms with Gasteiger partial charge in [-0.25, -0.2) is 0 Å². The lowest BCUT2D eigenvalue weighted by molar-refractivity contribution is 0.227. The number of hydrogen-bond acceptors (Lipinski definition) is 2. The Hall–Kier alpha value is -1.32. The molecule has 0 fully saturated rings. The lowest BCUT2D eigenvalue weighted by Gasteiger charge is -2.18. The van der Waals surface area contributed by atoms with E-state index in [1.807, 2.05) is 0 Å². The Morgan fingerprint density at radius 1 is 1.21 bits per heavy atom. The van der Waals surface area contributed by atoms with E-state index in [0.29, 0.717) is 6.04 Å². The molecule has 0 bridgehead atoms. The Morgan fingerprint density at radius 3 is 2.53 bits per heavy atom. The number of nitrogens with zero attached hydrogens (tertiary/aromatic N) is 2. The first-order valence-corrected chi connectivity index (χ1v) is 7.04. The van der Waals surface area contributed by atoms with Crippen LogP contribution in [0.4, 0.5) is 0 Å². The van der Waals surface area contributed by atoms with Crippen LogP contribution < -0.4 is 0 Å². The number of aliphatic hydroxyl groups excluding tert-OH is 1. The smallest absolute Gasteiger partial charge is 0.0484 e. The van der Waals surface area contributed by atoms with Crippen molar-refractivity contribution in [3.05, 3.63) is 35.0 Å². The van der Waals surface area contributed by atoms with Crippen LogP contribution in [0, 0.1) is 0 Å². The molecule has 3 nitrogen and oxygen atoms in total. The minimum absolute atomic E-state index is 0.217. The maximum absolute atomic E-state index is 9.18. The van der Waals surface area contributed by atoms with Crippen LogP contribution in [0.15, 0.2) is 18.3 Å². The van der Waals surface area contributed by atoms with Gasteiger partial charge in [0, 0.05) is 49.9 Å². The van der Waals surface area contributed by atoms with Gasteiger partial charge in [-0.15, -0.1) is 0 Å². The zero-order valence-corrected chi connectivity index (χ0v) is 12.0. The van der Waals surface area contributed by atoms with E-state index in [1.165, 1.54) is 27.6 Å². The average molecular weight is 258 g/mol. The van der Waals surface area contributed by atoms with Crippen molar-refractivity contribution in [2.24, 2.45) is 7.05 Å². The molecule has 1 aliphatic heterocycles. The maximum Gasteiger partial charge on any atom is 0.0484 e. The summed E-state index contributed by atoms with van der Waals surface area (Å²) in [4.78, 5) is 2.50. The van der Waals surface area contributed by atoms with Crippen molar-refractivity contribution in [2.45, 2.75) is 39.4 Å². The summed E-state index contributed by atoms with van der Waals surface area (Å²) in [7, 11) is 2.09. The van der Waals surface area contributed by atoms with Crippen LogP contribution in [0.25, 0.3) is 10.9 Å². The zero-order chi connectivity index (χ0) is 13.6. The lowest BCUT2D eigenvalue weighted by atomic mass is 10.0. The van der Waals surface area contributed by atoms with Gasteiger partial charge in [0.2, 0.25) is 0 Å². The quantitative estimate of drug-likeness (QED) is 0.916. The molecule has 0 aliphatic carbocycles. The molecule has 3 rings (SSSR count). The minimum Gasteiger partial charge on any atom is -0.396 e. The fraction of sp³-hybridized carbons (Fsp3) is 0.500. The first-order valence-electron chi connectivity index (χ1n) is 7.04. The first kappa shape index (κ1) is 12.7. The number of rotatable bonds is 3. The molecule has 1 aromatic heterocycles. The summed E-state index contributed by atoms with van der Waals surface area (Å²) >= 11 is 0.